The molecule has 39 heavy (non-hydrogen) atoms. The van der Waals surface area contributed by atoms with E-state index in [1.54, 1.807) is 0 Å². The third-order valence-corrected chi connectivity index (χ3v) is 11.8. The highest BCUT2D eigenvalue weighted by Crippen LogP contribution is 2.75. The highest BCUT2D eigenvalue weighted by Gasteiger charge is 2.68. The minimum Gasteiger partial charge on any atom is -0.0776 e. The van der Waals surface area contributed by atoms with Crippen LogP contribution in [-0.2, 0) is 0 Å². The first kappa shape index (κ1) is 41.1. The monoisotopic (exact) mass is 551 g/mol. The second kappa shape index (κ2) is 17.8. The zero-order valence-corrected chi connectivity index (χ0v) is 30.1. The van der Waals surface area contributed by atoms with Gasteiger partial charge in [0.1, 0.15) is 0 Å². The summed E-state index contributed by atoms with van der Waals surface area (Å²) in [6.45, 7) is 40.6. The van der Waals surface area contributed by atoms with Gasteiger partial charge in [0.2, 0.25) is 0 Å². The maximum absolute atomic E-state index is 2.56. The summed E-state index contributed by atoms with van der Waals surface area (Å²) in [6, 6.07) is 0. The van der Waals surface area contributed by atoms with Crippen molar-refractivity contribution in [3.63, 3.8) is 0 Å². The average Bonchev–Trinajstić information content (AvgIpc) is 3.75. The zero-order valence-electron chi connectivity index (χ0n) is 30.1. The lowest BCUT2D eigenvalue weighted by Crippen LogP contribution is -2.42. The third-order valence-electron chi connectivity index (χ3n) is 11.8. The van der Waals surface area contributed by atoms with E-state index < -0.39 is 0 Å². The first-order valence-corrected chi connectivity index (χ1v) is 17.5. The van der Waals surface area contributed by atoms with Crippen LogP contribution in [0.25, 0.3) is 0 Å². The Labute approximate surface area is 252 Å². The van der Waals surface area contributed by atoms with Gasteiger partial charge in [-0.15, -0.1) is 0 Å². The Hall–Kier alpha value is 0. The predicted octanol–water partition coefficient (Wildman–Crippen LogP) is 14.0. The molecule has 0 saturated heterocycles. The van der Waals surface area contributed by atoms with Gasteiger partial charge in [0.05, 0.1) is 0 Å². The van der Waals surface area contributed by atoms with Crippen LogP contribution in [0.2, 0.25) is 0 Å². The van der Waals surface area contributed by atoms with Crippen LogP contribution in [0.15, 0.2) is 0 Å². The fourth-order valence-electron chi connectivity index (χ4n) is 7.94. The van der Waals surface area contributed by atoms with Crippen molar-refractivity contribution in [2.24, 2.45) is 69.5 Å². The van der Waals surface area contributed by atoms with Crippen molar-refractivity contribution in [1.82, 2.24) is 0 Å². The molecule has 3 saturated carbocycles. The molecule has 0 aromatic heterocycles. The Morgan fingerprint density at radius 1 is 0.692 bits per heavy atom. The fraction of sp³-hybridized carbons (Fsp3) is 1.00. The van der Waals surface area contributed by atoms with Gasteiger partial charge in [-0.05, 0) is 102 Å². The van der Waals surface area contributed by atoms with Crippen molar-refractivity contribution >= 4 is 0 Å². The van der Waals surface area contributed by atoms with Crippen LogP contribution in [0.4, 0.5) is 0 Å². The molecule has 0 aromatic rings. The molecule has 0 nitrogen and oxygen atoms in total. The number of rotatable bonds is 8. The van der Waals surface area contributed by atoms with Gasteiger partial charge in [-0.3, -0.25) is 0 Å². The molecule has 3 fully saturated rings. The van der Waals surface area contributed by atoms with Crippen molar-refractivity contribution < 1.29 is 0 Å². The molecule has 0 radical (unpaired) electrons. The topological polar surface area (TPSA) is 0 Å². The molecule has 0 heterocycles. The molecule has 0 heteroatoms. The van der Waals surface area contributed by atoms with Crippen LogP contribution in [-0.4, -0.2) is 0 Å². The molecule has 3 rings (SSSR count). The van der Waals surface area contributed by atoms with Crippen LogP contribution in [0, 0.1) is 69.5 Å². The standard InChI is InChI=1S/C20H40.C12H22.2C3H8.CH4/c1-11-14(3)16(5)20(13-17(20)18(6,7)8)19(9,10)15(4)12-2;1-8-6-12(7-9(8)2)10(3)11-4-5-11;2*1-3-2;/h14-17H,11-13H2,1-10H3;8-12H,4-7H2,1-3H3;2*3H2,1-2H3;1H4. The molecular weight excluding hydrogens is 468 g/mol. The first-order valence-electron chi connectivity index (χ1n) is 17.5. The van der Waals surface area contributed by atoms with Crippen LogP contribution >= 0.6 is 0 Å². The van der Waals surface area contributed by atoms with Crippen molar-refractivity contribution in [2.75, 3.05) is 0 Å². The van der Waals surface area contributed by atoms with E-state index in [9.17, 15) is 0 Å². The minimum atomic E-state index is 0. The smallest absolute Gasteiger partial charge is 0.0179 e. The van der Waals surface area contributed by atoms with E-state index >= 15 is 0 Å². The molecule has 238 valence electrons. The molecule has 0 aliphatic heterocycles. The molecule has 3 aliphatic carbocycles. The molecule has 0 bridgehead atoms. The van der Waals surface area contributed by atoms with Gasteiger partial charge in [-0.2, -0.15) is 0 Å². The minimum absolute atomic E-state index is 0. The molecule has 3 aliphatic rings. The van der Waals surface area contributed by atoms with Crippen LogP contribution in [0.5, 0.6) is 0 Å². The Morgan fingerprint density at radius 3 is 1.38 bits per heavy atom. The van der Waals surface area contributed by atoms with Gasteiger partial charge in [-0.25, -0.2) is 0 Å². The van der Waals surface area contributed by atoms with Gasteiger partial charge < -0.3 is 0 Å². The highest BCUT2D eigenvalue weighted by atomic mass is 14.7. The molecular formula is C39H82. The number of hydrogen-bond donors (Lipinski definition) is 0. The summed E-state index contributed by atoms with van der Waals surface area (Å²) < 4.78 is 0. The highest BCUT2D eigenvalue weighted by molar-refractivity contribution is 5.17. The van der Waals surface area contributed by atoms with Gasteiger partial charge in [0.25, 0.3) is 0 Å². The van der Waals surface area contributed by atoms with Gasteiger partial charge >= 0.3 is 0 Å². The van der Waals surface area contributed by atoms with Crippen molar-refractivity contribution in [1.29, 1.82) is 0 Å². The van der Waals surface area contributed by atoms with Crippen molar-refractivity contribution in [2.45, 2.75) is 183 Å². The first-order chi connectivity index (χ1) is 17.5. The summed E-state index contributed by atoms with van der Waals surface area (Å²) in [7, 11) is 0. The SMILES string of the molecule is C.CC1CC(C(C)C2CC2)CC1C.CCC.CCC.CCC(C)C(C)C1(C(C)(C)C(C)CC)CC1C(C)(C)C. The lowest BCUT2D eigenvalue weighted by Gasteiger charge is -2.48. The van der Waals surface area contributed by atoms with E-state index in [1.807, 2.05) is 0 Å². The summed E-state index contributed by atoms with van der Waals surface area (Å²) >= 11 is 0. The molecule has 0 amide bonds. The molecule has 8 unspecified atom stereocenters. The quantitative estimate of drug-likeness (QED) is 0.282. The predicted molar refractivity (Wildman–Crippen MR) is 183 cm³/mol. The second-order valence-corrected chi connectivity index (χ2v) is 16.2. The lowest BCUT2D eigenvalue weighted by atomic mass is 9.57. The van der Waals surface area contributed by atoms with E-state index in [0.29, 0.717) is 16.2 Å². The Morgan fingerprint density at radius 2 is 1.10 bits per heavy atom. The van der Waals surface area contributed by atoms with Crippen molar-refractivity contribution in [3.05, 3.63) is 0 Å². The van der Waals surface area contributed by atoms with Gasteiger partial charge in [0.15, 0.2) is 0 Å². The van der Waals surface area contributed by atoms with Crippen molar-refractivity contribution in [3.8, 4) is 0 Å². The van der Waals surface area contributed by atoms with E-state index in [2.05, 4.69) is 118 Å². The largest absolute Gasteiger partial charge is 0.0776 e. The summed E-state index contributed by atoms with van der Waals surface area (Å²) in [5, 5.41) is 0. The average molecular weight is 551 g/mol. The van der Waals surface area contributed by atoms with Crippen LogP contribution in [0.1, 0.15) is 183 Å². The summed E-state index contributed by atoms with van der Waals surface area (Å²) in [4.78, 5) is 0. The maximum Gasteiger partial charge on any atom is -0.0179 e. The van der Waals surface area contributed by atoms with Crippen LogP contribution in [0.3, 0.4) is 0 Å². The van der Waals surface area contributed by atoms with E-state index in [4.69, 9.17) is 0 Å². The maximum atomic E-state index is 2.56. The van der Waals surface area contributed by atoms with E-state index in [1.165, 1.54) is 57.8 Å². The fourth-order valence-corrected chi connectivity index (χ4v) is 7.94. The molecule has 0 spiro atoms. The van der Waals surface area contributed by atoms with Gasteiger partial charge in [0, 0.05) is 0 Å². The van der Waals surface area contributed by atoms with E-state index in [-0.39, 0.29) is 7.43 Å². The third kappa shape index (κ3) is 11.0. The van der Waals surface area contributed by atoms with Crippen LogP contribution < -0.4 is 0 Å². The lowest BCUT2D eigenvalue weighted by molar-refractivity contribution is 0.00425. The molecule has 0 N–H and O–H groups in total. The summed E-state index contributed by atoms with van der Waals surface area (Å²) in [5.41, 5.74) is 1.45. The molecule has 8 atom stereocenters. The second-order valence-electron chi connectivity index (χ2n) is 16.2. The molecule has 0 aromatic carbocycles. The normalized spacial score (nSPS) is 31.0. The van der Waals surface area contributed by atoms with Gasteiger partial charge in [-0.1, -0.05) is 151 Å². The summed E-state index contributed by atoms with van der Waals surface area (Å²) in [6.07, 6.45) is 12.6. The Bertz CT molecular complexity index is 592. The summed E-state index contributed by atoms with van der Waals surface area (Å²) in [5.74, 6) is 8.59. The Balaban J connectivity index is 0. The zero-order chi connectivity index (χ0) is 30.1. The van der Waals surface area contributed by atoms with E-state index in [0.717, 1.165) is 53.3 Å². The Kier molecular flexibility index (Phi) is 18.8. The number of hydrogen-bond acceptors (Lipinski definition) is 0.